The average molecular weight is 161 g/mol. The minimum Gasteiger partial charge on any atom is -0.441 e. The van der Waals surface area contributed by atoms with Gasteiger partial charge in [0.05, 0.1) is 0 Å². The Morgan fingerprint density at radius 3 is 3.00 bits per heavy atom. The van der Waals surface area contributed by atoms with Crippen LogP contribution in [0.5, 0.6) is 0 Å². The molecule has 0 unspecified atom stereocenters. The van der Waals surface area contributed by atoms with Gasteiger partial charge in [0.1, 0.15) is 5.52 Å². The number of aryl methyl sites for hydroxylation is 2. The lowest BCUT2D eigenvalue weighted by molar-refractivity contribution is 0.561. The van der Waals surface area contributed by atoms with Gasteiger partial charge in [-0.3, -0.25) is 0 Å². The van der Waals surface area contributed by atoms with Crippen LogP contribution in [0, 0.1) is 6.92 Å². The van der Waals surface area contributed by atoms with Gasteiger partial charge < -0.3 is 4.42 Å². The zero-order chi connectivity index (χ0) is 8.55. The van der Waals surface area contributed by atoms with Gasteiger partial charge in [-0.2, -0.15) is 0 Å². The van der Waals surface area contributed by atoms with Crippen molar-refractivity contribution in [2.24, 2.45) is 0 Å². The lowest BCUT2D eigenvalue weighted by Crippen LogP contribution is -1.78. The summed E-state index contributed by atoms with van der Waals surface area (Å²) in [4.78, 5) is 4.26. The van der Waals surface area contributed by atoms with E-state index in [2.05, 4.69) is 24.0 Å². The normalized spacial score (nSPS) is 10.8. The largest absolute Gasteiger partial charge is 0.441 e. The van der Waals surface area contributed by atoms with Gasteiger partial charge >= 0.3 is 0 Å². The van der Waals surface area contributed by atoms with E-state index in [0.29, 0.717) is 0 Å². The number of hydrogen-bond acceptors (Lipinski definition) is 2. The van der Waals surface area contributed by atoms with Crippen LogP contribution in [0.25, 0.3) is 11.1 Å². The molecule has 2 nitrogen and oxygen atoms in total. The van der Waals surface area contributed by atoms with Crippen molar-refractivity contribution >= 4 is 11.1 Å². The zero-order valence-electron chi connectivity index (χ0n) is 7.29. The van der Waals surface area contributed by atoms with Crippen molar-refractivity contribution in [1.29, 1.82) is 0 Å². The second-order valence-electron chi connectivity index (χ2n) is 2.89. The highest BCUT2D eigenvalue weighted by Crippen LogP contribution is 2.16. The number of nitrogens with zero attached hydrogens (tertiary/aromatic N) is 1. The minimum atomic E-state index is 0.734. The van der Waals surface area contributed by atoms with Gasteiger partial charge in [-0.1, -0.05) is 13.0 Å². The molecule has 0 bridgehead atoms. The van der Waals surface area contributed by atoms with Gasteiger partial charge in [0.15, 0.2) is 11.5 Å². The summed E-state index contributed by atoms with van der Waals surface area (Å²) >= 11 is 0. The number of aromatic nitrogens is 1. The van der Waals surface area contributed by atoms with Crippen LogP contribution in [0.3, 0.4) is 0 Å². The molecule has 2 rings (SSSR count). The number of hydrogen-bond donors (Lipinski definition) is 0. The molecular formula is C10H11NO. The van der Waals surface area contributed by atoms with Crippen molar-refractivity contribution in [1.82, 2.24) is 4.98 Å². The Morgan fingerprint density at radius 2 is 2.25 bits per heavy atom. The summed E-state index contributed by atoms with van der Waals surface area (Å²) in [6.07, 6.45) is 1.04. The van der Waals surface area contributed by atoms with Crippen LogP contribution in [0.2, 0.25) is 0 Å². The quantitative estimate of drug-likeness (QED) is 0.642. The SMILES string of the molecule is CCc1ccc2oc(C)nc2c1. The molecule has 1 heterocycles. The molecule has 0 fully saturated rings. The molecule has 0 saturated carbocycles. The van der Waals surface area contributed by atoms with Crippen LogP contribution >= 0.6 is 0 Å². The van der Waals surface area contributed by atoms with Crippen LogP contribution in [-0.2, 0) is 6.42 Å². The van der Waals surface area contributed by atoms with Crippen molar-refractivity contribution < 1.29 is 4.42 Å². The van der Waals surface area contributed by atoms with Gasteiger partial charge in [0.25, 0.3) is 0 Å². The topological polar surface area (TPSA) is 26.0 Å². The summed E-state index contributed by atoms with van der Waals surface area (Å²) in [5.74, 6) is 0.734. The second-order valence-corrected chi connectivity index (χ2v) is 2.89. The first-order chi connectivity index (χ1) is 5.79. The standard InChI is InChI=1S/C10H11NO/c1-3-8-4-5-10-9(6-8)11-7(2)12-10/h4-6H,3H2,1-2H3. The van der Waals surface area contributed by atoms with Crippen LogP contribution in [0.4, 0.5) is 0 Å². The molecule has 2 aromatic rings. The van der Waals surface area contributed by atoms with Gasteiger partial charge in [-0.25, -0.2) is 4.98 Å². The monoisotopic (exact) mass is 161 g/mol. The van der Waals surface area contributed by atoms with Crippen molar-refractivity contribution in [3.8, 4) is 0 Å². The molecule has 1 aromatic carbocycles. The van der Waals surface area contributed by atoms with Crippen LogP contribution in [0.15, 0.2) is 22.6 Å². The second kappa shape index (κ2) is 2.63. The maximum absolute atomic E-state index is 5.36. The highest BCUT2D eigenvalue weighted by atomic mass is 16.3. The molecule has 0 spiro atoms. The maximum atomic E-state index is 5.36. The molecule has 0 atom stereocenters. The molecule has 2 heteroatoms. The van der Waals surface area contributed by atoms with Crippen LogP contribution in [-0.4, -0.2) is 4.98 Å². The molecule has 1 aromatic heterocycles. The first-order valence-corrected chi connectivity index (χ1v) is 4.15. The molecule has 0 aliphatic rings. The smallest absolute Gasteiger partial charge is 0.192 e. The fourth-order valence-electron chi connectivity index (χ4n) is 1.31. The van der Waals surface area contributed by atoms with Gasteiger partial charge in [0, 0.05) is 6.92 Å². The third-order valence-electron chi connectivity index (χ3n) is 1.97. The third-order valence-corrected chi connectivity index (χ3v) is 1.97. The first kappa shape index (κ1) is 7.35. The van der Waals surface area contributed by atoms with Gasteiger partial charge in [-0.05, 0) is 24.1 Å². The molecule has 0 amide bonds. The fraction of sp³-hybridized carbons (Fsp3) is 0.300. The van der Waals surface area contributed by atoms with Crippen molar-refractivity contribution in [2.45, 2.75) is 20.3 Å². The molecule has 62 valence electrons. The summed E-state index contributed by atoms with van der Waals surface area (Å²) in [5.41, 5.74) is 3.15. The average Bonchev–Trinajstić information content (AvgIpc) is 2.43. The highest BCUT2D eigenvalue weighted by molar-refractivity contribution is 5.73. The van der Waals surface area contributed by atoms with E-state index in [-0.39, 0.29) is 0 Å². The van der Waals surface area contributed by atoms with E-state index in [0.717, 1.165) is 23.4 Å². The van der Waals surface area contributed by atoms with Crippen LogP contribution in [0.1, 0.15) is 18.4 Å². The third kappa shape index (κ3) is 1.09. The molecule has 12 heavy (non-hydrogen) atoms. The molecule has 0 aliphatic heterocycles. The van der Waals surface area contributed by atoms with Gasteiger partial charge in [-0.15, -0.1) is 0 Å². The Balaban J connectivity index is 2.66. The van der Waals surface area contributed by atoms with E-state index >= 15 is 0 Å². The summed E-state index contributed by atoms with van der Waals surface area (Å²) in [5, 5.41) is 0. The summed E-state index contributed by atoms with van der Waals surface area (Å²) in [6.45, 7) is 4.00. The summed E-state index contributed by atoms with van der Waals surface area (Å²) in [6, 6.07) is 6.13. The molecule has 0 aliphatic carbocycles. The minimum absolute atomic E-state index is 0.734. The number of benzene rings is 1. The lowest BCUT2D eigenvalue weighted by Gasteiger charge is -1.92. The number of fused-ring (bicyclic) bond motifs is 1. The van der Waals surface area contributed by atoms with E-state index in [1.54, 1.807) is 0 Å². The zero-order valence-corrected chi connectivity index (χ0v) is 7.29. The molecular weight excluding hydrogens is 150 g/mol. The van der Waals surface area contributed by atoms with Gasteiger partial charge in [0.2, 0.25) is 0 Å². The first-order valence-electron chi connectivity index (χ1n) is 4.15. The lowest BCUT2D eigenvalue weighted by atomic mass is 10.1. The Hall–Kier alpha value is -1.31. The van der Waals surface area contributed by atoms with E-state index in [4.69, 9.17) is 4.42 Å². The maximum Gasteiger partial charge on any atom is 0.192 e. The van der Waals surface area contributed by atoms with Crippen LogP contribution < -0.4 is 0 Å². The summed E-state index contributed by atoms with van der Waals surface area (Å²) < 4.78 is 5.36. The number of rotatable bonds is 1. The highest BCUT2D eigenvalue weighted by Gasteiger charge is 2.01. The van der Waals surface area contributed by atoms with E-state index < -0.39 is 0 Å². The Bertz CT molecular complexity index is 403. The summed E-state index contributed by atoms with van der Waals surface area (Å²) in [7, 11) is 0. The van der Waals surface area contributed by atoms with E-state index in [1.807, 2.05) is 13.0 Å². The fourth-order valence-corrected chi connectivity index (χ4v) is 1.31. The number of oxazole rings is 1. The van der Waals surface area contributed by atoms with Crippen molar-refractivity contribution in [2.75, 3.05) is 0 Å². The molecule has 0 radical (unpaired) electrons. The Kier molecular flexibility index (Phi) is 1.61. The van der Waals surface area contributed by atoms with E-state index in [1.165, 1.54) is 5.56 Å². The Morgan fingerprint density at radius 1 is 1.42 bits per heavy atom. The van der Waals surface area contributed by atoms with E-state index in [9.17, 15) is 0 Å². The predicted molar refractivity (Wildman–Crippen MR) is 48.1 cm³/mol. The predicted octanol–water partition coefficient (Wildman–Crippen LogP) is 2.70. The van der Waals surface area contributed by atoms with Crippen molar-refractivity contribution in [3.05, 3.63) is 29.7 Å². The Labute approximate surface area is 71.2 Å². The molecule has 0 N–H and O–H groups in total. The van der Waals surface area contributed by atoms with Crippen molar-refractivity contribution in [3.63, 3.8) is 0 Å². The molecule has 0 saturated heterocycles.